The molecule has 1 N–H and O–H groups in total. The highest BCUT2D eigenvalue weighted by molar-refractivity contribution is 7.91. The molecule has 156 valence electrons. The Bertz CT molecular complexity index is 1390. The summed E-state index contributed by atoms with van der Waals surface area (Å²) in [6, 6.07) is 22.2. The molecule has 9 heteroatoms. The lowest BCUT2D eigenvalue weighted by Gasteiger charge is -2.06. The number of aromatic amines is 1. The minimum Gasteiger partial charge on any atom is -0.496 e. The molecule has 1 aromatic heterocycles. The zero-order valence-corrected chi connectivity index (χ0v) is 18.1. The van der Waals surface area contributed by atoms with Gasteiger partial charge in [0.25, 0.3) is 0 Å². The van der Waals surface area contributed by atoms with E-state index in [0.717, 1.165) is 5.56 Å². The van der Waals surface area contributed by atoms with E-state index < -0.39 is 9.84 Å². The van der Waals surface area contributed by atoms with E-state index in [1.807, 2.05) is 24.3 Å². The average Bonchev–Trinajstić information content (AvgIpc) is 3.18. The van der Waals surface area contributed by atoms with Gasteiger partial charge in [-0.2, -0.15) is 14.9 Å². The van der Waals surface area contributed by atoms with Crippen molar-refractivity contribution < 1.29 is 13.2 Å². The lowest BCUT2D eigenvalue weighted by molar-refractivity contribution is 0.414. The fourth-order valence-electron chi connectivity index (χ4n) is 3.00. The van der Waals surface area contributed by atoms with Crippen LogP contribution in [0.3, 0.4) is 0 Å². The lowest BCUT2D eigenvalue weighted by atomic mass is 10.2. The number of nitrogens with zero attached hydrogens (tertiary/aromatic N) is 3. The van der Waals surface area contributed by atoms with Crippen molar-refractivity contribution >= 4 is 28.3 Å². The van der Waals surface area contributed by atoms with Crippen molar-refractivity contribution in [2.24, 2.45) is 5.10 Å². The van der Waals surface area contributed by atoms with E-state index >= 15 is 0 Å². The van der Waals surface area contributed by atoms with Gasteiger partial charge in [-0.05, 0) is 60.7 Å². The molecule has 4 aromatic rings. The van der Waals surface area contributed by atoms with E-state index in [2.05, 4.69) is 15.3 Å². The van der Waals surface area contributed by atoms with Crippen LogP contribution in [-0.4, -0.2) is 36.6 Å². The Kier molecular flexibility index (Phi) is 5.79. The Hall–Kier alpha value is -3.56. The summed E-state index contributed by atoms with van der Waals surface area (Å²) in [6.45, 7) is 0. The van der Waals surface area contributed by atoms with E-state index in [-0.39, 0.29) is 9.79 Å². The van der Waals surface area contributed by atoms with Crippen molar-refractivity contribution in [2.75, 3.05) is 7.11 Å². The van der Waals surface area contributed by atoms with Crippen LogP contribution >= 0.6 is 12.2 Å². The number of sulfone groups is 1. The molecular formula is C22H18N4O3S2. The van der Waals surface area contributed by atoms with E-state index in [4.69, 9.17) is 17.0 Å². The Morgan fingerprint density at radius 1 is 0.968 bits per heavy atom. The number of hydrogen-bond donors (Lipinski definition) is 1. The summed E-state index contributed by atoms with van der Waals surface area (Å²) < 4.78 is 32.7. The zero-order valence-electron chi connectivity index (χ0n) is 16.5. The smallest absolute Gasteiger partial charge is 0.216 e. The van der Waals surface area contributed by atoms with Crippen molar-refractivity contribution in [2.45, 2.75) is 9.79 Å². The standard InChI is InChI=1S/C22H18N4O3S2/c1-29-20-10-6-5-7-17(20)15-23-26-21(24-25-22(26)30)16-11-13-19(14-12-16)31(27,28)18-8-3-2-4-9-18/h2-15H,1H3,(H,25,30)/b23-15+. The molecule has 0 saturated heterocycles. The Morgan fingerprint density at radius 3 is 2.32 bits per heavy atom. The summed E-state index contributed by atoms with van der Waals surface area (Å²) in [5, 5.41) is 11.4. The lowest BCUT2D eigenvalue weighted by Crippen LogP contribution is -2.02. The summed E-state index contributed by atoms with van der Waals surface area (Å²) in [6.07, 6.45) is 1.63. The first-order valence-corrected chi connectivity index (χ1v) is 11.2. The molecule has 0 unspecified atom stereocenters. The third-order valence-electron chi connectivity index (χ3n) is 4.58. The predicted octanol–water partition coefficient (Wildman–Crippen LogP) is 4.33. The van der Waals surface area contributed by atoms with Crippen molar-refractivity contribution in [3.05, 3.63) is 89.2 Å². The highest BCUT2D eigenvalue weighted by atomic mass is 32.2. The van der Waals surface area contributed by atoms with Gasteiger partial charge in [-0.25, -0.2) is 13.5 Å². The molecule has 31 heavy (non-hydrogen) atoms. The maximum Gasteiger partial charge on any atom is 0.216 e. The van der Waals surface area contributed by atoms with E-state index in [9.17, 15) is 8.42 Å². The molecule has 1 heterocycles. The Morgan fingerprint density at radius 2 is 1.61 bits per heavy atom. The number of aromatic nitrogens is 3. The van der Waals surface area contributed by atoms with Crippen LogP contribution in [0.2, 0.25) is 0 Å². The fourth-order valence-corrected chi connectivity index (χ4v) is 4.46. The minimum atomic E-state index is -3.60. The molecule has 4 rings (SSSR count). The van der Waals surface area contributed by atoms with Crippen molar-refractivity contribution in [3.63, 3.8) is 0 Å². The maximum absolute atomic E-state index is 12.8. The minimum absolute atomic E-state index is 0.195. The largest absolute Gasteiger partial charge is 0.496 e. The molecule has 0 bridgehead atoms. The fraction of sp³-hybridized carbons (Fsp3) is 0.0455. The molecule has 7 nitrogen and oxygen atoms in total. The van der Waals surface area contributed by atoms with E-state index in [1.165, 1.54) is 4.68 Å². The van der Waals surface area contributed by atoms with Crippen molar-refractivity contribution in [1.29, 1.82) is 0 Å². The van der Waals surface area contributed by atoms with Crippen LogP contribution in [0, 0.1) is 4.77 Å². The SMILES string of the molecule is COc1ccccc1/C=N/n1c(-c2ccc(S(=O)(=O)c3ccccc3)cc2)n[nH]c1=S. The Labute approximate surface area is 184 Å². The molecule has 0 atom stereocenters. The van der Waals surface area contributed by atoms with Crippen LogP contribution in [0.5, 0.6) is 5.75 Å². The summed E-state index contributed by atoms with van der Waals surface area (Å²) in [5.41, 5.74) is 1.44. The number of ether oxygens (including phenoxy) is 1. The first-order valence-electron chi connectivity index (χ1n) is 9.26. The monoisotopic (exact) mass is 450 g/mol. The molecule has 3 aromatic carbocycles. The van der Waals surface area contributed by atoms with Gasteiger partial charge in [-0.15, -0.1) is 0 Å². The average molecular weight is 451 g/mol. The van der Waals surface area contributed by atoms with Gasteiger partial charge < -0.3 is 4.74 Å². The van der Waals surface area contributed by atoms with Crippen LogP contribution in [0.1, 0.15) is 5.56 Å². The van der Waals surface area contributed by atoms with Gasteiger partial charge in [0.2, 0.25) is 14.6 Å². The first-order chi connectivity index (χ1) is 15.0. The van der Waals surface area contributed by atoms with E-state index in [0.29, 0.717) is 21.9 Å². The predicted molar refractivity (Wildman–Crippen MR) is 121 cm³/mol. The van der Waals surface area contributed by atoms with Crippen LogP contribution in [0.25, 0.3) is 11.4 Å². The molecule has 0 fully saturated rings. The van der Waals surface area contributed by atoms with Gasteiger partial charge in [-0.1, -0.05) is 30.3 Å². The molecule has 0 amide bonds. The van der Waals surface area contributed by atoms with E-state index in [1.54, 1.807) is 67.9 Å². The summed E-state index contributed by atoms with van der Waals surface area (Å²) in [4.78, 5) is 0.437. The molecule has 0 radical (unpaired) electrons. The zero-order chi connectivity index (χ0) is 21.8. The number of rotatable bonds is 6. The summed E-state index contributed by atoms with van der Waals surface area (Å²) in [7, 11) is -2.01. The highest BCUT2D eigenvalue weighted by Gasteiger charge is 2.18. The summed E-state index contributed by atoms with van der Waals surface area (Å²) in [5.74, 6) is 1.14. The Balaban J connectivity index is 1.68. The van der Waals surface area contributed by atoms with Crippen LogP contribution in [0.15, 0.2) is 93.8 Å². The molecule has 0 aliphatic rings. The van der Waals surface area contributed by atoms with Gasteiger partial charge in [0.15, 0.2) is 5.82 Å². The normalized spacial score (nSPS) is 11.6. The molecule has 0 saturated carbocycles. The van der Waals surface area contributed by atoms with Crippen molar-refractivity contribution in [3.8, 4) is 17.1 Å². The second-order valence-electron chi connectivity index (χ2n) is 6.49. The third kappa shape index (κ3) is 4.18. The molecular weight excluding hydrogens is 432 g/mol. The second kappa shape index (κ2) is 8.66. The number of hydrogen-bond acceptors (Lipinski definition) is 6. The van der Waals surface area contributed by atoms with Gasteiger partial charge in [0.1, 0.15) is 5.75 Å². The molecule has 0 aliphatic heterocycles. The van der Waals surface area contributed by atoms with Crippen molar-refractivity contribution in [1.82, 2.24) is 14.9 Å². The highest BCUT2D eigenvalue weighted by Crippen LogP contribution is 2.24. The molecule has 0 aliphatic carbocycles. The number of benzene rings is 3. The number of methoxy groups -OCH3 is 1. The second-order valence-corrected chi connectivity index (χ2v) is 8.83. The topological polar surface area (TPSA) is 89.3 Å². The quantitative estimate of drug-likeness (QED) is 0.349. The first kappa shape index (κ1) is 20.7. The van der Waals surface area contributed by atoms with Crippen LogP contribution in [0.4, 0.5) is 0 Å². The number of para-hydroxylation sites is 1. The molecule has 0 spiro atoms. The maximum atomic E-state index is 12.8. The number of H-pyrrole nitrogens is 1. The third-order valence-corrected chi connectivity index (χ3v) is 6.63. The van der Waals surface area contributed by atoms with Crippen LogP contribution < -0.4 is 4.74 Å². The van der Waals surface area contributed by atoms with Gasteiger partial charge in [0.05, 0.1) is 23.1 Å². The summed E-state index contributed by atoms with van der Waals surface area (Å²) >= 11 is 5.30. The van der Waals surface area contributed by atoms with Crippen LogP contribution in [-0.2, 0) is 9.84 Å². The van der Waals surface area contributed by atoms with Gasteiger partial charge in [0, 0.05) is 11.1 Å². The number of nitrogens with one attached hydrogen (secondary N) is 1. The van der Waals surface area contributed by atoms with Gasteiger partial charge >= 0.3 is 0 Å². The van der Waals surface area contributed by atoms with Gasteiger partial charge in [-0.3, -0.25) is 0 Å².